The van der Waals surface area contributed by atoms with Gasteiger partial charge in [0, 0.05) is 30.4 Å². The van der Waals surface area contributed by atoms with E-state index in [9.17, 15) is 9.59 Å². The van der Waals surface area contributed by atoms with Crippen LogP contribution >= 0.6 is 0 Å². The van der Waals surface area contributed by atoms with Crippen LogP contribution in [0.2, 0.25) is 0 Å². The monoisotopic (exact) mass is 472 g/mol. The second-order valence-electron chi connectivity index (χ2n) is 9.75. The summed E-state index contributed by atoms with van der Waals surface area (Å²) in [6.45, 7) is 7.13. The second kappa shape index (κ2) is 10.2. The molecule has 1 heterocycles. The molecule has 0 unspecified atom stereocenters. The van der Waals surface area contributed by atoms with Crippen LogP contribution in [-0.4, -0.2) is 36.7 Å². The first-order valence-electron chi connectivity index (χ1n) is 11.8. The van der Waals surface area contributed by atoms with Crippen molar-refractivity contribution in [3.63, 3.8) is 0 Å². The molecule has 0 spiro atoms. The maximum Gasteiger partial charge on any atom is 0.412 e. The highest BCUT2D eigenvalue weighted by atomic mass is 16.6. The third kappa shape index (κ3) is 6.39. The van der Waals surface area contributed by atoms with E-state index in [4.69, 9.17) is 10.5 Å². The van der Waals surface area contributed by atoms with E-state index in [1.54, 1.807) is 39.0 Å². The Balaban J connectivity index is 1.57. The van der Waals surface area contributed by atoms with Crippen molar-refractivity contribution in [3.8, 4) is 11.1 Å². The van der Waals surface area contributed by atoms with E-state index in [2.05, 4.69) is 15.5 Å². The SMILES string of the molecule is CC(C)(C)OC(=O)Nc1ccc(-c2ccccc2)cc1NC(=O)c1ccc(N2CC[C@H](N)C2)cc1. The second-order valence-corrected chi connectivity index (χ2v) is 9.75. The molecule has 4 N–H and O–H groups in total. The molecule has 3 aromatic rings. The van der Waals surface area contributed by atoms with Gasteiger partial charge in [-0.05, 0) is 74.7 Å². The molecule has 1 atom stereocenters. The first kappa shape index (κ1) is 24.3. The lowest BCUT2D eigenvalue weighted by molar-refractivity contribution is 0.0635. The van der Waals surface area contributed by atoms with Gasteiger partial charge in [-0.1, -0.05) is 36.4 Å². The largest absolute Gasteiger partial charge is 0.444 e. The minimum absolute atomic E-state index is 0.186. The number of carbonyl (C=O) groups excluding carboxylic acids is 2. The minimum atomic E-state index is -0.640. The lowest BCUT2D eigenvalue weighted by Crippen LogP contribution is -2.27. The fraction of sp³-hybridized carbons (Fsp3) is 0.286. The van der Waals surface area contributed by atoms with Gasteiger partial charge in [-0.2, -0.15) is 0 Å². The molecule has 7 nitrogen and oxygen atoms in total. The molecular weight excluding hydrogens is 440 g/mol. The van der Waals surface area contributed by atoms with Crippen LogP contribution in [0, 0.1) is 0 Å². The number of amides is 2. The molecule has 182 valence electrons. The quantitative estimate of drug-likeness (QED) is 0.456. The lowest BCUT2D eigenvalue weighted by Gasteiger charge is -2.21. The first-order valence-corrected chi connectivity index (χ1v) is 11.8. The zero-order valence-electron chi connectivity index (χ0n) is 20.4. The first-order chi connectivity index (χ1) is 16.7. The molecule has 0 radical (unpaired) electrons. The van der Waals surface area contributed by atoms with E-state index >= 15 is 0 Å². The number of nitrogens with one attached hydrogen (secondary N) is 2. The van der Waals surface area contributed by atoms with Crippen LogP contribution < -0.4 is 21.3 Å². The van der Waals surface area contributed by atoms with Gasteiger partial charge in [0.25, 0.3) is 5.91 Å². The van der Waals surface area contributed by atoms with Crippen molar-refractivity contribution in [2.45, 2.75) is 38.8 Å². The molecule has 1 fully saturated rings. The Labute approximate surface area is 206 Å². The van der Waals surface area contributed by atoms with Crippen molar-refractivity contribution in [2.24, 2.45) is 5.73 Å². The summed E-state index contributed by atoms with van der Waals surface area (Å²) >= 11 is 0. The van der Waals surface area contributed by atoms with Crippen LogP contribution in [-0.2, 0) is 4.74 Å². The van der Waals surface area contributed by atoms with E-state index in [-0.39, 0.29) is 11.9 Å². The third-order valence-corrected chi connectivity index (χ3v) is 5.73. The van der Waals surface area contributed by atoms with Crippen molar-refractivity contribution in [2.75, 3.05) is 28.6 Å². The maximum atomic E-state index is 13.1. The number of hydrogen-bond acceptors (Lipinski definition) is 5. The Kier molecular flexibility index (Phi) is 7.07. The van der Waals surface area contributed by atoms with Crippen LogP contribution in [0.5, 0.6) is 0 Å². The van der Waals surface area contributed by atoms with Gasteiger partial charge in [0.1, 0.15) is 5.60 Å². The number of anilines is 3. The molecule has 1 saturated heterocycles. The molecule has 35 heavy (non-hydrogen) atoms. The summed E-state index contributed by atoms with van der Waals surface area (Å²) in [7, 11) is 0. The fourth-order valence-corrected chi connectivity index (χ4v) is 4.02. The molecule has 0 aliphatic carbocycles. The molecule has 3 aromatic carbocycles. The highest BCUT2D eigenvalue weighted by molar-refractivity contribution is 6.07. The number of nitrogens with zero attached hydrogens (tertiary/aromatic N) is 1. The number of hydrogen-bond donors (Lipinski definition) is 3. The summed E-state index contributed by atoms with van der Waals surface area (Å²) in [5.41, 5.74) is 9.80. The Morgan fingerprint density at radius 2 is 1.63 bits per heavy atom. The maximum absolute atomic E-state index is 13.1. The van der Waals surface area contributed by atoms with Crippen LogP contribution in [0.25, 0.3) is 11.1 Å². The molecule has 1 aliphatic rings. The molecule has 4 rings (SSSR count). The average Bonchev–Trinajstić information content (AvgIpc) is 3.26. The molecule has 2 amide bonds. The standard InChI is InChI=1S/C28H32N4O3/c1-28(2,3)35-27(34)31-24-14-11-21(19-7-5-4-6-8-19)17-25(24)30-26(33)20-9-12-23(13-10-20)32-16-15-22(29)18-32/h4-14,17,22H,15-16,18,29H2,1-3H3,(H,30,33)(H,31,34)/t22-/m0/s1. The Bertz CT molecular complexity index is 1190. The van der Waals surface area contributed by atoms with Gasteiger partial charge in [-0.15, -0.1) is 0 Å². The van der Waals surface area contributed by atoms with E-state index in [1.165, 1.54) is 0 Å². The molecule has 1 aliphatic heterocycles. The van der Waals surface area contributed by atoms with Crippen molar-refractivity contribution in [1.29, 1.82) is 0 Å². The number of benzene rings is 3. The Hall–Kier alpha value is -3.84. The normalized spacial score (nSPS) is 15.5. The molecular formula is C28H32N4O3. The zero-order valence-corrected chi connectivity index (χ0v) is 20.4. The van der Waals surface area contributed by atoms with Crippen molar-refractivity contribution >= 4 is 29.1 Å². The van der Waals surface area contributed by atoms with Gasteiger partial charge in [0.15, 0.2) is 0 Å². The minimum Gasteiger partial charge on any atom is -0.444 e. The van der Waals surface area contributed by atoms with Crippen LogP contribution in [0.4, 0.5) is 21.9 Å². The molecule has 7 heteroatoms. The topological polar surface area (TPSA) is 96.7 Å². The van der Waals surface area contributed by atoms with Gasteiger partial charge >= 0.3 is 6.09 Å². The highest BCUT2D eigenvalue weighted by Crippen LogP contribution is 2.30. The summed E-state index contributed by atoms with van der Waals surface area (Å²) < 4.78 is 5.39. The van der Waals surface area contributed by atoms with Crippen molar-refractivity contribution in [3.05, 3.63) is 78.4 Å². The van der Waals surface area contributed by atoms with Crippen LogP contribution in [0.1, 0.15) is 37.6 Å². The number of ether oxygens (including phenoxy) is 1. The van der Waals surface area contributed by atoms with E-state index in [0.717, 1.165) is 36.3 Å². The van der Waals surface area contributed by atoms with Crippen molar-refractivity contribution < 1.29 is 14.3 Å². The highest BCUT2D eigenvalue weighted by Gasteiger charge is 2.21. The third-order valence-electron chi connectivity index (χ3n) is 5.73. The lowest BCUT2D eigenvalue weighted by atomic mass is 10.0. The number of carbonyl (C=O) groups is 2. The zero-order chi connectivity index (χ0) is 25.0. The van der Waals surface area contributed by atoms with E-state index < -0.39 is 11.7 Å². The van der Waals surface area contributed by atoms with Crippen LogP contribution in [0.15, 0.2) is 72.8 Å². The van der Waals surface area contributed by atoms with Gasteiger partial charge in [-0.25, -0.2) is 4.79 Å². The molecule has 0 saturated carbocycles. The summed E-state index contributed by atoms with van der Waals surface area (Å²) in [5, 5.41) is 5.72. The number of rotatable bonds is 5. The predicted molar refractivity (Wildman–Crippen MR) is 141 cm³/mol. The summed E-state index contributed by atoms with van der Waals surface area (Å²) in [6, 6.07) is 23.0. The Morgan fingerprint density at radius 1 is 0.914 bits per heavy atom. The summed E-state index contributed by atoms with van der Waals surface area (Å²) in [5.74, 6) is -0.271. The van der Waals surface area contributed by atoms with Gasteiger partial charge in [0.2, 0.25) is 0 Å². The van der Waals surface area contributed by atoms with Gasteiger partial charge in [0.05, 0.1) is 11.4 Å². The fourth-order valence-electron chi connectivity index (χ4n) is 4.02. The van der Waals surface area contributed by atoms with Gasteiger partial charge in [-0.3, -0.25) is 10.1 Å². The summed E-state index contributed by atoms with van der Waals surface area (Å²) in [4.78, 5) is 27.8. The molecule has 0 bridgehead atoms. The number of nitrogens with two attached hydrogens (primary N) is 1. The van der Waals surface area contributed by atoms with Crippen molar-refractivity contribution in [1.82, 2.24) is 0 Å². The van der Waals surface area contributed by atoms with Crippen LogP contribution in [0.3, 0.4) is 0 Å². The molecule has 0 aromatic heterocycles. The average molecular weight is 473 g/mol. The van der Waals surface area contributed by atoms with E-state index in [0.29, 0.717) is 16.9 Å². The predicted octanol–water partition coefficient (Wildman–Crippen LogP) is 5.49. The summed E-state index contributed by atoms with van der Waals surface area (Å²) in [6.07, 6.45) is 0.376. The smallest absolute Gasteiger partial charge is 0.412 e. The van der Waals surface area contributed by atoms with Gasteiger partial charge < -0.3 is 20.7 Å². The Morgan fingerprint density at radius 3 is 2.26 bits per heavy atom. The van der Waals surface area contributed by atoms with E-state index in [1.807, 2.05) is 54.6 Å².